The van der Waals surface area contributed by atoms with Crippen LogP contribution in [0.2, 0.25) is 0 Å². The highest BCUT2D eigenvalue weighted by Gasteiger charge is 2.03. The standard InChI is InChI=1S/C10H13N3O2/c11-4-7-1-2-8(3-10(7)12)13-5-9(15)6-14/h1-3,9,13-15H,5-6,12H2. The van der Waals surface area contributed by atoms with Crippen LogP contribution in [0.25, 0.3) is 0 Å². The molecular formula is C10H13N3O2. The van der Waals surface area contributed by atoms with Crippen molar-refractivity contribution in [1.82, 2.24) is 0 Å². The Morgan fingerprint density at radius 2 is 2.27 bits per heavy atom. The molecule has 80 valence electrons. The number of rotatable bonds is 4. The van der Waals surface area contributed by atoms with Crippen molar-refractivity contribution in [2.45, 2.75) is 6.10 Å². The molecule has 0 saturated heterocycles. The van der Waals surface area contributed by atoms with Gasteiger partial charge in [0.05, 0.1) is 24.0 Å². The molecule has 1 aromatic carbocycles. The molecule has 15 heavy (non-hydrogen) atoms. The number of nitrogen functional groups attached to an aromatic ring is 1. The number of aliphatic hydroxyl groups excluding tert-OH is 2. The predicted molar refractivity (Wildman–Crippen MR) is 57.2 cm³/mol. The van der Waals surface area contributed by atoms with E-state index in [1.165, 1.54) is 0 Å². The molecule has 1 unspecified atom stereocenters. The smallest absolute Gasteiger partial charge is 0.101 e. The van der Waals surface area contributed by atoms with Gasteiger partial charge in [0.2, 0.25) is 0 Å². The van der Waals surface area contributed by atoms with Gasteiger partial charge in [-0.3, -0.25) is 0 Å². The van der Waals surface area contributed by atoms with Crippen molar-refractivity contribution >= 4 is 11.4 Å². The van der Waals surface area contributed by atoms with Crippen LogP contribution >= 0.6 is 0 Å². The first kappa shape index (κ1) is 11.3. The third-order valence-corrected chi connectivity index (χ3v) is 1.92. The number of benzene rings is 1. The molecule has 5 N–H and O–H groups in total. The molecule has 5 heteroatoms. The van der Waals surface area contributed by atoms with Gasteiger partial charge in [0.1, 0.15) is 6.07 Å². The molecule has 1 aromatic rings. The highest BCUT2D eigenvalue weighted by Crippen LogP contribution is 2.16. The molecule has 0 aliphatic heterocycles. The van der Waals surface area contributed by atoms with Gasteiger partial charge in [-0.15, -0.1) is 0 Å². The van der Waals surface area contributed by atoms with Crippen molar-refractivity contribution in [3.8, 4) is 6.07 Å². The summed E-state index contributed by atoms with van der Waals surface area (Å²) in [5.74, 6) is 0. The Kier molecular flexibility index (Phi) is 3.92. The summed E-state index contributed by atoms with van der Waals surface area (Å²) in [6.45, 7) is -0.0550. The zero-order valence-corrected chi connectivity index (χ0v) is 8.14. The lowest BCUT2D eigenvalue weighted by Crippen LogP contribution is -2.22. The van der Waals surface area contributed by atoms with Crippen LogP contribution in [0.3, 0.4) is 0 Å². The lowest BCUT2D eigenvalue weighted by molar-refractivity contribution is 0.105. The number of nitriles is 1. The van der Waals surface area contributed by atoms with Crippen molar-refractivity contribution in [1.29, 1.82) is 5.26 Å². The zero-order valence-electron chi connectivity index (χ0n) is 8.14. The Labute approximate surface area is 87.8 Å². The van der Waals surface area contributed by atoms with Gasteiger partial charge in [-0.25, -0.2) is 0 Å². The average Bonchev–Trinajstić information content (AvgIpc) is 2.26. The second-order valence-corrected chi connectivity index (χ2v) is 3.13. The summed E-state index contributed by atoms with van der Waals surface area (Å²) in [5.41, 5.74) is 7.11. The van der Waals surface area contributed by atoms with E-state index >= 15 is 0 Å². The molecule has 1 rings (SSSR count). The molecule has 0 heterocycles. The Balaban J connectivity index is 2.64. The quantitative estimate of drug-likeness (QED) is 0.516. The molecule has 0 bridgehead atoms. The largest absolute Gasteiger partial charge is 0.398 e. The molecule has 0 aromatic heterocycles. The van der Waals surface area contributed by atoms with Crippen molar-refractivity contribution in [2.24, 2.45) is 0 Å². The Bertz CT molecular complexity index is 373. The van der Waals surface area contributed by atoms with Gasteiger partial charge in [0.25, 0.3) is 0 Å². The van der Waals surface area contributed by atoms with E-state index in [0.29, 0.717) is 16.9 Å². The van der Waals surface area contributed by atoms with E-state index in [-0.39, 0.29) is 13.2 Å². The minimum absolute atomic E-state index is 0.238. The van der Waals surface area contributed by atoms with Gasteiger partial charge < -0.3 is 21.3 Å². The SMILES string of the molecule is N#Cc1ccc(NCC(O)CO)cc1N. The van der Waals surface area contributed by atoms with E-state index in [1.54, 1.807) is 18.2 Å². The fraction of sp³-hybridized carbons (Fsp3) is 0.300. The van der Waals surface area contributed by atoms with Gasteiger partial charge in [-0.2, -0.15) is 5.26 Å². The number of anilines is 2. The van der Waals surface area contributed by atoms with E-state index < -0.39 is 6.10 Å². The van der Waals surface area contributed by atoms with Crippen LogP contribution in [0.1, 0.15) is 5.56 Å². The minimum atomic E-state index is -0.804. The van der Waals surface area contributed by atoms with E-state index in [2.05, 4.69) is 5.32 Å². The molecule has 0 fully saturated rings. The van der Waals surface area contributed by atoms with Gasteiger partial charge in [0, 0.05) is 12.2 Å². The number of nitrogens with one attached hydrogen (secondary N) is 1. The van der Waals surface area contributed by atoms with Crippen molar-refractivity contribution in [3.05, 3.63) is 23.8 Å². The average molecular weight is 207 g/mol. The monoisotopic (exact) mass is 207 g/mol. The van der Waals surface area contributed by atoms with Crippen LogP contribution in [0, 0.1) is 11.3 Å². The molecule has 5 nitrogen and oxygen atoms in total. The van der Waals surface area contributed by atoms with E-state index in [4.69, 9.17) is 21.2 Å². The molecule has 1 atom stereocenters. The molecule has 0 aliphatic carbocycles. The number of hydrogen-bond donors (Lipinski definition) is 4. The lowest BCUT2D eigenvalue weighted by atomic mass is 10.2. The fourth-order valence-corrected chi connectivity index (χ4v) is 1.07. The second kappa shape index (κ2) is 5.20. The van der Waals surface area contributed by atoms with Crippen LogP contribution in [-0.2, 0) is 0 Å². The summed E-state index contributed by atoms with van der Waals surface area (Å²) < 4.78 is 0. The van der Waals surface area contributed by atoms with Crippen LogP contribution in [-0.4, -0.2) is 29.5 Å². The van der Waals surface area contributed by atoms with Crippen LogP contribution in [0.4, 0.5) is 11.4 Å². The number of hydrogen-bond acceptors (Lipinski definition) is 5. The molecule has 0 aliphatic rings. The van der Waals surface area contributed by atoms with Gasteiger partial charge >= 0.3 is 0 Å². The van der Waals surface area contributed by atoms with Crippen LogP contribution < -0.4 is 11.1 Å². The number of nitrogens with two attached hydrogens (primary N) is 1. The maximum atomic E-state index is 9.09. The van der Waals surface area contributed by atoms with Crippen molar-refractivity contribution in [2.75, 3.05) is 24.2 Å². The zero-order chi connectivity index (χ0) is 11.3. The van der Waals surface area contributed by atoms with Crippen LogP contribution in [0.5, 0.6) is 0 Å². The summed E-state index contributed by atoms with van der Waals surface area (Å²) in [7, 11) is 0. The first-order chi connectivity index (χ1) is 7.17. The van der Waals surface area contributed by atoms with Gasteiger partial charge in [0.15, 0.2) is 0 Å². The topological polar surface area (TPSA) is 102 Å². The van der Waals surface area contributed by atoms with Gasteiger partial charge in [-0.05, 0) is 18.2 Å². The normalized spacial score (nSPS) is 11.8. The maximum Gasteiger partial charge on any atom is 0.101 e. The van der Waals surface area contributed by atoms with E-state index in [9.17, 15) is 0 Å². The summed E-state index contributed by atoms with van der Waals surface area (Å²) in [6, 6.07) is 6.86. The van der Waals surface area contributed by atoms with Gasteiger partial charge in [-0.1, -0.05) is 0 Å². The minimum Gasteiger partial charge on any atom is -0.398 e. The maximum absolute atomic E-state index is 9.09. The van der Waals surface area contributed by atoms with Crippen molar-refractivity contribution < 1.29 is 10.2 Å². The van der Waals surface area contributed by atoms with Crippen molar-refractivity contribution in [3.63, 3.8) is 0 Å². The third kappa shape index (κ3) is 3.13. The molecule has 0 radical (unpaired) electrons. The molecule has 0 amide bonds. The lowest BCUT2D eigenvalue weighted by Gasteiger charge is -2.10. The number of aliphatic hydroxyl groups is 2. The fourth-order valence-electron chi connectivity index (χ4n) is 1.07. The molecule has 0 saturated carbocycles. The Morgan fingerprint density at radius 3 is 2.80 bits per heavy atom. The van der Waals surface area contributed by atoms with E-state index in [0.717, 1.165) is 0 Å². The summed E-state index contributed by atoms with van der Waals surface area (Å²) in [5, 5.41) is 29.2. The highest BCUT2D eigenvalue weighted by molar-refractivity contribution is 5.62. The Hall–Kier alpha value is -1.77. The first-order valence-corrected chi connectivity index (χ1v) is 4.49. The third-order valence-electron chi connectivity index (χ3n) is 1.92. The predicted octanol–water partition coefficient (Wildman–Crippen LogP) is -0.0944. The summed E-state index contributed by atoms with van der Waals surface area (Å²) in [6.07, 6.45) is -0.804. The van der Waals surface area contributed by atoms with E-state index in [1.807, 2.05) is 6.07 Å². The number of nitrogens with zero attached hydrogens (tertiary/aromatic N) is 1. The summed E-state index contributed by atoms with van der Waals surface area (Å²) in [4.78, 5) is 0. The summed E-state index contributed by atoms with van der Waals surface area (Å²) >= 11 is 0. The molecule has 0 spiro atoms. The Morgan fingerprint density at radius 1 is 1.53 bits per heavy atom. The first-order valence-electron chi connectivity index (χ1n) is 4.49. The highest BCUT2D eigenvalue weighted by atomic mass is 16.3. The molecular weight excluding hydrogens is 194 g/mol. The second-order valence-electron chi connectivity index (χ2n) is 3.13. The van der Waals surface area contributed by atoms with Crippen LogP contribution in [0.15, 0.2) is 18.2 Å².